The van der Waals surface area contributed by atoms with E-state index in [-0.39, 0.29) is 5.75 Å². The van der Waals surface area contributed by atoms with Crippen molar-refractivity contribution in [2.75, 3.05) is 5.75 Å². The summed E-state index contributed by atoms with van der Waals surface area (Å²) >= 11 is 0. The third kappa shape index (κ3) is 3.38. The van der Waals surface area contributed by atoms with E-state index in [9.17, 15) is 8.42 Å². The number of rotatable bonds is 5. The first-order valence-electron chi connectivity index (χ1n) is 4.52. The van der Waals surface area contributed by atoms with Crippen LogP contribution in [0.15, 0.2) is 22.8 Å². The second-order valence-electron chi connectivity index (χ2n) is 3.01. The minimum absolute atomic E-state index is 0.00584. The summed E-state index contributed by atoms with van der Waals surface area (Å²) in [5.41, 5.74) is 0. The molecule has 1 rings (SSSR count). The lowest BCUT2D eigenvalue weighted by atomic mass is 10.3. The van der Waals surface area contributed by atoms with Crippen molar-refractivity contribution in [3.63, 3.8) is 0 Å². The molecular weight excluding hydrogens is 216 g/mol. The van der Waals surface area contributed by atoms with Crippen LogP contribution in [-0.2, 0) is 10.0 Å². The van der Waals surface area contributed by atoms with Crippen LogP contribution in [0.25, 0.3) is 0 Å². The van der Waals surface area contributed by atoms with Gasteiger partial charge in [-0.2, -0.15) is 9.98 Å². The van der Waals surface area contributed by atoms with E-state index in [0.717, 1.165) is 0 Å². The molecule has 0 saturated heterocycles. The fraction of sp³-hybridized carbons (Fsp3) is 0.444. The van der Waals surface area contributed by atoms with Crippen LogP contribution in [0.4, 0.5) is 0 Å². The molecule has 1 unspecified atom stereocenters. The summed E-state index contributed by atoms with van der Waals surface area (Å²) in [4.78, 5) is 0. The highest BCUT2D eigenvalue weighted by Crippen LogP contribution is 2.13. The molecule has 0 aromatic carbocycles. The summed E-state index contributed by atoms with van der Waals surface area (Å²) in [6, 6.07) is 4.05. The van der Waals surface area contributed by atoms with Crippen molar-refractivity contribution < 1.29 is 12.8 Å². The molecule has 0 fully saturated rings. The van der Waals surface area contributed by atoms with Crippen molar-refractivity contribution in [2.45, 2.75) is 19.4 Å². The highest BCUT2D eigenvalue weighted by molar-refractivity contribution is 7.89. The zero-order chi connectivity index (χ0) is 11.3. The largest absolute Gasteiger partial charge is 0.467 e. The summed E-state index contributed by atoms with van der Waals surface area (Å²) in [5.74, 6) is 0.309. The minimum Gasteiger partial charge on any atom is -0.467 e. The monoisotopic (exact) mass is 228 g/mol. The number of hydrogen-bond donors (Lipinski definition) is 1. The van der Waals surface area contributed by atoms with Gasteiger partial charge in [-0.3, -0.25) is 0 Å². The van der Waals surface area contributed by atoms with Crippen molar-refractivity contribution in [1.29, 1.82) is 5.26 Å². The number of nitriles is 1. The van der Waals surface area contributed by atoms with Gasteiger partial charge in [-0.1, -0.05) is 6.92 Å². The number of hydrogen-bond acceptors (Lipinski definition) is 4. The molecule has 1 aromatic heterocycles. The molecule has 6 heteroatoms. The first-order chi connectivity index (χ1) is 7.09. The molecule has 0 aliphatic rings. The molecule has 0 spiro atoms. The fourth-order valence-electron chi connectivity index (χ4n) is 1.11. The summed E-state index contributed by atoms with van der Waals surface area (Å²) in [5, 5.41) is 8.79. The second-order valence-corrected chi connectivity index (χ2v) is 4.89. The molecule has 15 heavy (non-hydrogen) atoms. The first kappa shape index (κ1) is 11.8. The van der Waals surface area contributed by atoms with E-state index < -0.39 is 16.1 Å². The van der Waals surface area contributed by atoms with E-state index in [0.29, 0.717) is 12.2 Å². The Labute approximate surface area is 88.8 Å². The van der Waals surface area contributed by atoms with Gasteiger partial charge in [-0.25, -0.2) is 8.42 Å². The van der Waals surface area contributed by atoms with Crippen molar-refractivity contribution in [3.05, 3.63) is 24.2 Å². The van der Waals surface area contributed by atoms with E-state index in [1.165, 1.54) is 6.26 Å². The molecule has 5 nitrogen and oxygen atoms in total. The van der Waals surface area contributed by atoms with Gasteiger partial charge in [-0.05, 0) is 18.6 Å². The number of nitrogens with zero attached hydrogens (tertiary/aromatic N) is 1. The van der Waals surface area contributed by atoms with Crippen LogP contribution in [0.3, 0.4) is 0 Å². The van der Waals surface area contributed by atoms with Gasteiger partial charge in [0.25, 0.3) is 0 Å². The maximum atomic E-state index is 11.4. The first-order valence-corrected chi connectivity index (χ1v) is 6.17. The molecule has 82 valence electrons. The SMILES string of the molecule is CCCS(=O)(=O)NC(C#N)c1ccco1. The third-order valence-corrected chi connectivity index (χ3v) is 3.27. The molecule has 0 saturated carbocycles. The van der Waals surface area contributed by atoms with Crippen molar-refractivity contribution in [1.82, 2.24) is 4.72 Å². The fourth-order valence-corrected chi connectivity index (χ4v) is 2.29. The molecular formula is C9H12N2O3S. The van der Waals surface area contributed by atoms with Gasteiger partial charge in [0.1, 0.15) is 5.76 Å². The van der Waals surface area contributed by atoms with Gasteiger partial charge in [0, 0.05) is 0 Å². The third-order valence-electron chi connectivity index (χ3n) is 1.73. The minimum atomic E-state index is -3.40. The van der Waals surface area contributed by atoms with Crippen LogP contribution in [0.5, 0.6) is 0 Å². The summed E-state index contributed by atoms with van der Waals surface area (Å²) in [6.07, 6.45) is 1.90. The van der Waals surface area contributed by atoms with Crippen LogP contribution in [-0.4, -0.2) is 14.2 Å². The van der Waals surface area contributed by atoms with Gasteiger partial charge in [0.15, 0.2) is 6.04 Å². The number of furan rings is 1. The Morgan fingerprint density at radius 3 is 2.87 bits per heavy atom. The van der Waals surface area contributed by atoms with E-state index in [1.807, 2.05) is 6.07 Å². The van der Waals surface area contributed by atoms with Crippen molar-refractivity contribution in [2.24, 2.45) is 0 Å². The van der Waals surface area contributed by atoms with E-state index in [1.54, 1.807) is 19.1 Å². The number of nitrogens with one attached hydrogen (secondary N) is 1. The molecule has 1 atom stereocenters. The average Bonchev–Trinajstić information content (AvgIpc) is 2.67. The van der Waals surface area contributed by atoms with E-state index in [4.69, 9.17) is 9.68 Å². The highest BCUT2D eigenvalue weighted by atomic mass is 32.2. The summed E-state index contributed by atoms with van der Waals surface area (Å²) < 4.78 is 30.0. The van der Waals surface area contributed by atoms with E-state index in [2.05, 4.69) is 4.72 Å². The predicted octanol–water partition coefficient (Wildman–Crippen LogP) is 1.17. The summed E-state index contributed by atoms with van der Waals surface area (Å²) in [7, 11) is -3.40. The zero-order valence-electron chi connectivity index (χ0n) is 8.30. The maximum Gasteiger partial charge on any atom is 0.213 e. The Morgan fingerprint density at radius 1 is 1.67 bits per heavy atom. The smallest absolute Gasteiger partial charge is 0.213 e. The second kappa shape index (κ2) is 4.96. The van der Waals surface area contributed by atoms with Crippen LogP contribution >= 0.6 is 0 Å². The zero-order valence-corrected chi connectivity index (χ0v) is 9.12. The van der Waals surface area contributed by atoms with Gasteiger partial charge >= 0.3 is 0 Å². The quantitative estimate of drug-likeness (QED) is 0.820. The van der Waals surface area contributed by atoms with Crippen molar-refractivity contribution in [3.8, 4) is 6.07 Å². The molecule has 0 aliphatic carbocycles. The van der Waals surface area contributed by atoms with E-state index >= 15 is 0 Å². The molecule has 1 heterocycles. The van der Waals surface area contributed by atoms with Crippen LogP contribution in [0, 0.1) is 11.3 Å². The Hall–Kier alpha value is -1.32. The Balaban J connectivity index is 2.76. The lowest BCUT2D eigenvalue weighted by molar-refractivity contribution is 0.479. The Morgan fingerprint density at radius 2 is 2.40 bits per heavy atom. The Kier molecular flexibility index (Phi) is 3.88. The van der Waals surface area contributed by atoms with Gasteiger partial charge in [0.05, 0.1) is 18.1 Å². The molecule has 1 N–H and O–H groups in total. The number of sulfonamides is 1. The maximum absolute atomic E-state index is 11.4. The van der Waals surface area contributed by atoms with Crippen molar-refractivity contribution >= 4 is 10.0 Å². The average molecular weight is 228 g/mol. The van der Waals surface area contributed by atoms with Gasteiger partial charge < -0.3 is 4.42 Å². The molecule has 0 bridgehead atoms. The van der Waals surface area contributed by atoms with Crippen LogP contribution in [0.2, 0.25) is 0 Å². The predicted molar refractivity (Wildman–Crippen MR) is 54.3 cm³/mol. The van der Waals surface area contributed by atoms with Gasteiger partial charge in [-0.15, -0.1) is 0 Å². The normalized spacial score (nSPS) is 13.3. The highest BCUT2D eigenvalue weighted by Gasteiger charge is 2.20. The van der Waals surface area contributed by atoms with Crippen LogP contribution in [0.1, 0.15) is 25.1 Å². The lowest BCUT2D eigenvalue weighted by Crippen LogP contribution is -2.29. The van der Waals surface area contributed by atoms with Crippen LogP contribution < -0.4 is 4.72 Å². The molecule has 0 amide bonds. The lowest BCUT2D eigenvalue weighted by Gasteiger charge is -2.08. The topological polar surface area (TPSA) is 83.1 Å². The standard InChI is InChI=1S/C9H12N2O3S/c1-2-6-15(12,13)11-8(7-10)9-4-3-5-14-9/h3-5,8,11H,2,6H2,1H3. The Bertz CT molecular complexity index is 430. The summed E-state index contributed by atoms with van der Waals surface area (Å²) in [6.45, 7) is 1.76. The van der Waals surface area contributed by atoms with Gasteiger partial charge in [0.2, 0.25) is 10.0 Å². The molecule has 0 aliphatic heterocycles. The molecule has 1 aromatic rings. The molecule has 0 radical (unpaired) electrons.